The third-order valence-corrected chi connectivity index (χ3v) is 2.99. The molecule has 18 heavy (non-hydrogen) atoms. The van der Waals surface area contributed by atoms with E-state index in [0.29, 0.717) is 5.82 Å². The Kier molecular flexibility index (Phi) is 3.77. The monoisotopic (exact) mass is 242 g/mol. The van der Waals surface area contributed by atoms with Crippen LogP contribution in [0.2, 0.25) is 0 Å². The number of nitrogens with zero attached hydrogens (tertiary/aromatic N) is 3. The number of benzene rings is 1. The van der Waals surface area contributed by atoms with E-state index in [1.165, 1.54) is 11.9 Å². The van der Waals surface area contributed by atoms with E-state index >= 15 is 0 Å². The van der Waals surface area contributed by atoms with Crippen molar-refractivity contribution in [3.05, 3.63) is 47.8 Å². The van der Waals surface area contributed by atoms with Crippen molar-refractivity contribution in [1.82, 2.24) is 9.97 Å². The first-order valence-electron chi connectivity index (χ1n) is 6.08. The van der Waals surface area contributed by atoms with Crippen molar-refractivity contribution < 1.29 is 0 Å². The molecule has 1 heterocycles. The van der Waals surface area contributed by atoms with Crippen LogP contribution in [-0.4, -0.2) is 16.5 Å². The molecule has 4 nitrogen and oxygen atoms in total. The van der Waals surface area contributed by atoms with Crippen LogP contribution in [0.25, 0.3) is 0 Å². The second-order valence-electron chi connectivity index (χ2n) is 4.21. The molecule has 4 heteroatoms. The summed E-state index contributed by atoms with van der Waals surface area (Å²) in [4.78, 5) is 10.5. The Hall–Kier alpha value is -2.10. The van der Waals surface area contributed by atoms with Crippen molar-refractivity contribution in [3.8, 4) is 0 Å². The minimum atomic E-state index is 0.548. The van der Waals surface area contributed by atoms with E-state index in [1.54, 1.807) is 0 Å². The molecule has 0 unspecified atom stereocenters. The van der Waals surface area contributed by atoms with Gasteiger partial charge in [0.15, 0.2) is 0 Å². The lowest BCUT2D eigenvalue weighted by atomic mass is 10.2. The Bertz CT molecular complexity index is 510. The molecule has 2 aromatic rings. The first-order chi connectivity index (χ1) is 8.72. The van der Waals surface area contributed by atoms with Crippen LogP contribution in [0.15, 0.2) is 36.7 Å². The highest BCUT2D eigenvalue weighted by molar-refractivity contribution is 5.55. The first kappa shape index (κ1) is 12.4. The summed E-state index contributed by atoms with van der Waals surface area (Å²) < 4.78 is 0. The molecule has 94 valence electrons. The number of hydrogen-bond acceptors (Lipinski definition) is 4. The second kappa shape index (κ2) is 5.49. The summed E-state index contributed by atoms with van der Waals surface area (Å²) in [6.07, 6.45) is 1.52. The van der Waals surface area contributed by atoms with Gasteiger partial charge in [-0.2, -0.15) is 0 Å². The van der Waals surface area contributed by atoms with Gasteiger partial charge in [-0.25, -0.2) is 9.97 Å². The highest BCUT2D eigenvalue weighted by Crippen LogP contribution is 2.21. The van der Waals surface area contributed by atoms with E-state index in [0.717, 1.165) is 24.5 Å². The molecule has 0 radical (unpaired) electrons. The molecule has 2 N–H and O–H groups in total. The fourth-order valence-corrected chi connectivity index (χ4v) is 1.91. The van der Waals surface area contributed by atoms with Crippen LogP contribution in [0.5, 0.6) is 0 Å². The maximum Gasteiger partial charge on any atom is 0.137 e. The molecule has 0 aliphatic rings. The van der Waals surface area contributed by atoms with E-state index in [9.17, 15) is 0 Å². The summed E-state index contributed by atoms with van der Waals surface area (Å²) in [5.74, 6) is 1.46. The number of anilines is 2. The molecule has 0 aliphatic heterocycles. The maximum atomic E-state index is 5.83. The number of hydrogen-bond donors (Lipinski definition) is 1. The zero-order valence-corrected chi connectivity index (χ0v) is 10.8. The van der Waals surface area contributed by atoms with Gasteiger partial charge in [-0.05, 0) is 19.4 Å². The molecule has 0 fully saturated rings. The summed E-state index contributed by atoms with van der Waals surface area (Å²) in [5.41, 5.74) is 8.03. The molecular formula is C14H18N4. The van der Waals surface area contributed by atoms with Gasteiger partial charge >= 0.3 is 0 Å². The number of rotatable bonds is 4. The Morgan fingerprint density at radius 2 is 1.89 bits per heavy atom. The van der Waals surface area contributed by atoms with Crippen LogP contribution >= 0.6 is 0 Å². The lowest BCUT2D eigenvalue weighted by Gasteiger charge is -2.23. The fraction of sp³-hybridized carbons (Fsp3) is 0.286. The van der Waals surface area contributed by atoms with Gasteiger partial charge in [0.1, 0.15) is 18.0 Å². The Morgan fingerprint density at radius 1 is 1.17 bits per heavy atom. The minimum absolute atomic E-state index is 0.548. The van der Waals surface area contributed by atoms with Gasteiger partial charge in [-0.1, -0.05) is 30.3 Å². The van der Waals surface area contributed by atoms with E-state index < -0.39 is 0 Å². The van der Waals surface area contributed by atoms with Crippen molar-refractivity contribution in [2.75, 3.05) is 17.2 Å². The van der Waals surface area contributed by atoms with Crippen molar-refractivity contribution in [1.29, 1.82) is 0 Å². The van der Waals surface area contributed by atoms with Gasteiger partial charge in [-0.3, -0.25) is 0 Å². The average Bonchev–Trinajstić information content (AvgIpc) is 2.41. The lowest BCUT2D eigenvalue weighted by Crippen LogP contribution is -2.24. The van der Waals surface area contributed by atoms with Crippen molar-refractivity contribution >= 4 is 11.6 Å². The molecule has 1 aromatic carbocycles. The van der Waals surface area contributed by atoms with Gasteiger partial charge < -0.3 is 10.6 Å². The van der Waals surface area contributed by atoms with Crippen molar-refractivity contribution in [3.63, 3.8) is 0 Å². The van der Waals surface area contributed by atoms with Gasteiger partial charge in [-0.15, -0.1) is 0 Å². The zero-order valence-electron chi connectivity index (χ0n) is 10.8. The highest BCUT2D eigenvalue weighted by Gasteiger charge is 2.11. The Balaban J connectivity index is 2.26. The van der Waals surface area contributed by atoms with E-state index in [-0.39, 0.29) is 0 Å². The third kappa shape index (κ3) is 2.59. The van der Waals surface area contributed by atoms with Crippen LogP contribution in [0, 0.1) is 6.92 Å². The lowest BCUT2D eigenvalue weighted by molar-refractivity contribution is 0.805. The van der Waals surface area contributed by atoms with Crippen LogP contribution in [0.4, 0.5) is 11.6 Å². The first-order valence-corrected chi connectivity index (χ1v) is 6.08. The van der Waals surface area contributed by atoms with Crippen LogP contribution in [0.1, 0.15) is 18.1 Å². The van der Waals surface area contributed by atoms with Crippen LogP contribution in [-0.2, 0) is 6.54 Å². The van der Waals surface area contributed by atoms with Crippen molar-refractivity contribution in [2.24, 2.45) is 0 Å². The zero-order chi connectivity index (χ0) is 13.0. The topological polar surface area (TPSA) is 55.0 Å². The largest absolute Gasteiger partial charge is 0.383 e. The number of nitrogen functional groups attached to an aromatic ring is 1. The normalized spacial score (nSPS) is 10.3. The van der Waals surface area contributed by atoms with Crippen LogP contribution in [0.3, 0.4) is 0 Å². The van der Waals surface area contributed by atoms with Gasteiger partial charge in [0.2, 0.25) is 0 Å². The van der Waals surface area contributed by atoms with E-state index in [1.807, 2.05) is 25.1 Å². The van der Waals surface area contributed by atoms with E-state index in [4.69, 9.17) is 5.73 Å². The predicted octanol–water partition coefficient (Wildman–Crippen LogP) is 2.39. The highest BCUT2D eigenvalue weighted by atomic mass is 15.2. The molecule has 2 rings (SSSR count). The molecule has 0 bridgehead atoms. The minimum Gasteiger partial charge on any atom is -0.383 e. The summed E-state index contributed by atoms with van der Waals surface area (Å²) in [6.45, 7) is 5.78. The maximum absolute atomic E-state index is 5.83. The smallest absolute Gasteiger partial charge is 0.137 e. The Morgan fingerprint density at radius 3 is 2.56 bits per heavy atom. The molecule has 1 aromatic heterocycles. The summed E-state index contributed by atoms with van der Waals surface area (Å²) in [7, 11) is 0. The molecular weight excluding hydrogens is 224 g/mol. The summed E-state index contributed by atoms with van der Waals surface area (Å²) in [5, 5.41) is 0. The van der Waals surface area contributed by atoms with Crippen molar-refractivity contribution in [2.45, 2.75) is 20.4 Å². The van der Waals surface area contributed by atoms with Gasteiger partial charge in [0, 0.05) is 18.7 Å². The standard InChI is InChI=1S/C14H18N4/c1-3-18(9-12-7-5-4-6-8-12)14-11(2)13(15)16-10-17-14/h4-8,10H,3,9H2,1-2H3,(H2,15,16,17). The summed E-state index contributed by atoms with van der Waals surface area (Å²) in [6, 6.07) is 10.3. The van der Waals surface area contributed by atoms with Gasteiger partial charge in [0.25, 0.3) is 0 Å². The average molecular weight is 242 g/mol. The molecule has 0 saturated carbocycles. The summed E-state index contributed by atoms with van der Waals surface area (Å²) >= 11 is 0. The third-order valence-electron chi connectivity index (χ3n) is 2.99. The molecule has 0 saturated heterocycles. The molecule has 0 atom stereocenters. The van der Waals surface area contributed by atoms with E-state index in [2.05, 4.69) is 33.9 Å². The number of nitrogens with two attached hydrogens (primary N) is 1. The SMILES string of the molecule is CCN(Cc1ccccc1)c1ncnc(N)c1C. The molecule has 0 aliphatic carbocycles. The van der Waals surface area contributed by atoms with Crippen LogP contribution < -0.4 is 10.6 Å². The molecule has 0 amide bonds. The fourth-order valence-electron chi connectivity index (χ4n) is 1.91. The predicted molar refractivity (Wildman–Crippen MR) is 74.3 cm³/mol. The molecule has 0 spiro atoms. The number of aromatic nitrogens is 2. The van der Waals surface area contributed by atoms with Gasteiger partial charge in [0.05, 0.1) is 0 Å². The second-order valence-corrected chi connectivity index (χ2v) is 4.21. The quantitative estimate of drug-likeness (QED) is 0.894. The Labute approximate surface area is 107 Å².